The maximum Gasteiger partial charge on any atom is 0.286 e. The molecule has 0 spiro atoms. The van der Waals surface area contributed by atoms with Crippen molar-refractivity contribution in [3.8, 4) is 0 Å². The Morgan fingerprint density at radius 1 is 0.944 bits per heavy atom. The molecule has 2 aromatic heterocycles. The molecule has 0 saturated heterocycles. The summed E-state index contributed by atoms with van der Waals surface area (Å²) in [7, 11) is 0. The maximum atomic E-state index is 6.19. The van der Waals surface area contributed by atoms with Gasteiger partial charge in [-0.05, 0) is 18.2 Å². The van der Waals surface area contributed by atoms with Crippen LogP contribution in [0.1, 0.15) is 5.56 Å². The lowest BCUT2D eigenvalue weighted by Gasteiger charge is -2.04. The highest BCUT2D eigenvalue weighted by atomic mass is 35.5. The molecule has 0 amide bonds. The molecular weight excluding hydrogens is 267 g/mol. The quantitative estimate of drug-likeness (QED) is 0.633. The molecule has 2 nitrogen and oxygen atoms in total. The van der Waals surface area contributed by atoms with Gasteiger partial charge in [-0.15, -0.1) is 0 Å². The van der Waals surface area contributed by atoms with E-state index in [1.54, 1.807) is 0 Å². The van der Waals surface area contributed by atoms with Crippen LogP contribution in [-0.4, -0.2) is 4.40 Å². The minimum absolute atomic E-state index is 0.666. The fraction of sp³-hybridized carbons (Fsp3) is 0.0714. The highest BCUT2D eigenvalue weighted by Crippen LogP contribution is 2.23. The van der Waals surface area contributed by atoms with E-state index in [1.165, 1.54) is 0 Å². The molecule has 2 heterocycles. The number of hydrogen-bond donors (Lipinski definition) is 0. The SMILES string of the molecule is Clc1cccc(Cl)c1C[n+]1ccn2ccccc21. The van der Waals surface area contributed by atoms with Gasteiger partial charge < -0.3 is 0 Å². The molecule has 0 bridgehead atoms. The Bertz CT molecular complexity index is 684. The lowest BCUT2D eigenvalue weighted by Crippen LogP contribution is -2.33. The molecule has 18 heavy (non-hydrogen) atoms. The summed E-state index contributed by atoms with van der Waals surface area (Å²) >= 11 is 12.4. The zero-order valence-electron chi connectivity index (χ0n) is 9.55. The van der Waals surface area contributed by atoms with Crippen LogP contribution in [0.15, 0.2) is 55.0 Å². The third-order valence-electron chi connectivity index (χ3n) is 2.96. The van der Waals surface area contributed by atoms with E-state index < -0.39 is 0 Å². The smallest absolute Gasteiger partial charge is 0.226 e. The first-order valence-electron chi connectivity index (χ1n) is 5.64. The average molecular weight is 278 g/mol. The van der Waals surface area contributed by atoms with Crippen LogP contribution in [0.25, 0.3) is 5.65 Å². The minimum atomic E-state index is 0.666. The summed E-state index contributed by atoms with van der Waals surface area (Å²) in [5, 5.41) is 1.40. The van der Waals surface area contributed by atoms with E-state index in [1.807, 2.05) is 48.9 Å². The van der Waals surface area contributed by atoms with Crippen LogP contribution in [0, 0.1) is 0 Å². The van der Waals surface area contributed by atoms with Gasteiger partial charge in [0, 0.05) is 21.7 Å². The lowest BCUT2D eigenvalue weighted by molar-refractivity contribution is -0.661. The summed E-state index contributed by atoms with van der Waals surface area (Å²) in [5.41, 5.74) is 2.05. The topological polar surface area (TPSA) is 8.29 Å². The van der Waals surface area contributed by atoms with Crippen molar-refractivity contribution in [1.82, 2.24) is 4.40 Å². The molecule has 3 aromatic rings. The number of rotatable bonds is 2. The molecule has 90 valence electrons. The van der Waals surface area contributed by atoms with Crippen molar-refractivity contribution in [2.45, 2.75) is 6.54 Å². The van der Waals surface area contributed by atoms with Gasteiger partial charge in [-0.1, -0.05) is 35.3 Å². The Labute approximate surface area is 115 Å². The number of benzene rings is 1. The average Bonchev–Trinajstić information content (AvgIpc) is 2.77. The Hall–Kier alpha value is -1.51. The molecular formula is C14H11Cl2N2+. The van der Waals surface area contributed by atoms with Crippen LogP contribution in [0.3, 0.4) is 0 Å². The van der Waals surface area contributed by atoms with Crippen LogP contribution >= 0.6 is 23.2 Å². The zero-order chi connectivity index (χ0) is 12.5. The summed E-state index contributed by atoms with van der Waals surface area (Å²) in [5.74, 6) is 0. The Morgan fingerprint density at radius 2 is 1.72 bits per heavy atom. The van der Waals surface area contributed by atoms with Crippen LogP contribution in [0.2, 0.25) is 10.0 Å². The van der Waals surface area contributed by atoms with Crippen molar-refractivity contribution in [2.75, 3.05) is 0 Å². The highest BCUT2D eigenvalue weighted by Gasteiger charge is 2.13. The van der Waals surface area contributed by atoms with E-state index in [0.29, 0.717) is 16.6 Å². The predicted octanol–water partition coefficient (Wildman–Crippen LogP) is 3.58. The molecule has 0 saturated carbocycles. The number of aromatic nitrogens is 2. The summed E-state index contributed by atoms with van der Waals surface area (Å²) < 4.78 is 4.18. The van der Waals surface area contributed by atoms with E-state index in [-0.39, 0.29) is 0 Å². The lowest BCUT2D eigenvalue weighted by atomic mass is 10.2. The van der Waals surface area contributed by atoms with Gasteiger partial charge in [0.2, 0.25) is 0 Å². The third-order valence-corrected chi connectivity index (χ3v) is 3.67. The van der Waals surface area contributed by atoms with Gasteiger partial charge in [-0.3, -0.25) is 0 Å². The molecule has 0 unspecified atom stereocenters. The molecule has 0 atom stereocenters. The van der Waals surface area contributed by atoms with E-state index in [2.05, 4.69) is 15.0 Å². The first-order valence-corrected chi connectivity index (χ1v) is 6.39. The molecule has 0 radical (unpaired) electrons. The summed E-state index contributed by atoms with van der Waals surface area (Å²) in [6.07, 6.45) is 6.05. The van der Waals surface area contributed by atoms with Gasteiger partial charge in [-0.2, -0.15) is 0 Å². The van der Waals surface area contributed by atoms with Crippen molar-refractivity contribution in [3.63, 3.8) is 0 Å². The number of nitrogens with zero attached hydrogens (tertiary/aromatic N) is 2. The first-order chi connectivity index (χ1) is 8.75. The van der Waals surface area contributed by atoms with Crippen molar-refractivity contribution in [2.24, 2.45) is 0 Å². The first kappa shape index (κ1) is 11.6. The normalized spacial score (nSPS) is 11.0. The molecule has 0 N–H and O–H groups in total. The molecule has 0 aliphatic carbocycles. The number of pyridine rings is 1. The van der Waals surface area contributed by atoms with E-state index in [4.69, 9.17) is 23.2 Å². The van der Waals surface area contributed by atoms with Crippen molar-refractivity contribution in [1.29, 1.82) is 0 Å². The second-order valence-electron chi connectivity index (χ2n) is 4.09. The van der Waals surface area contributed by atoms with E-state index in [9.17, 15) is 0 Å². The summed E-state index contributed by atoms with van der Waals surface area (Å²) in [4.78, 5) is 0. The number of fused-ring (bicyclic) bond motifs is 1. The highest BCUT2D eigenvalue weighted by molar-refractivity contribution is 6.35. The van der Waals surface area contributed by atoms with Gasteiger partial charge in [0.1, 0.15) is 18.9 Å². The van der Waals surface area contributed by atoms with Crippen LogP contribution in [0.4, 0.5) is 0 Å². The fourth-order valence-corrected chi connectivity index (χ4v) is 2.55. The predicted molar refractivity (Wildman–Crippen MR) is 73.2 cm³/mol. The van der Waals surface area contributed by atoms with Gasteiger partial charge >= 0.3 is 0 Å². The van der Waals surface area contributed by atoms with Crippen LogP contribution < -0.4 is 4.57 Å². The second-order valence-corrected chi connectivity index (χ2v) is 4.91. The number of imidazole rings is 1. The fourth-order valence-electron chi connectivity index (χ4n) is 2.03. The van der Waals surface area contributed by atoms with Gasteiger partial charge in [0.05, 0.1) is 6.20 Å². The molecule has 1 aromatic carbocycles. The molecule has 3 rings (SSSR count). The molecule has 0 aliphatic heterocycles. The van der Waals surface area contributed by atoms with Gasteiger partial charge in [0.25, 0.3) is 5.65 Å². The zero-order valence-corrected chi connectivity index (χ0v) is 11.1. The van der Waals surface area contributed by atoms with Gasteiger partial charge in [0.15, 0.2) is 0 Å². The monoisotopic (exact) mass is 277 g/mol. The van der Waals surface area contributed by atoms with E-state index in [0.717, 1.165) is 11.2 Å². The van der Waals surface area contributed by atoms with Crippen LogP contribution in [-0.2, 0) is 6.54 Å². The second kappa shape index (κ2) is 4.63. The van der Waals surface area contributed by atoms with Crippen molar-refractivity contribution >= 4 is 28.8 Å². The third kappa shape index (κ3) is 1.98. The minimum Gasteiger partial charge on any atom is -0.226 e. The van der Waals surface area contributed by atoms with Gasteiger partial charge in [-0.25, -0.2) is 8.97 Å². The summed E-state index contributed by atoms with van der Waals surface area (Å²) in [6.45, 7) is 0.666. The molecule has 4 heteroatoms. The number of hydrogen-bond acceptors (Lipinski definition) is 0. The Balaban J connectivity index is 2.07. The van der Waals surface area contributed by atoms with E-state index >= 15 is 0 Å². The Kier molecular flexibility index (Phi) is 2.98. The Morgan fingerprint density at radius 3 is 2.50 bits per heavy atom. The largest absolute Gasteiger partial charge is 0.286 e. The van der Waals surface area contributed by atoms with Crippen molar-refractivity contribution < 1.29 is 4.57 Å². The van der Waals surface area contributed by atoms with Crippen molar-refractivity contribution in [3.05, 3.63) is 70.6 Å². The standard InChI is InChI=1S/C14H11Cl2N2/c15-12-4-3-5-13(16)11(12)10-18-9-8-17-7-2-1-6-14(17)18/h1-9H,10H2/q+1. The van der Waals surface area contributed by atoms with Crippen LogP contribution in [0.5, 0.6) is 0 Å². The summed E-state index contributed by atoms with van der Waals surface area (Å²) in [6, 6.07) is 11.7. The maximum absolute atomic E-state index is 6.19. The molecule has 0 fully saturated rings. The number of halogens is 2. The molecule has 0 aliphatic rings.